The average molecular weight is 247 g/mol. The van der Waals surface area contributed by atoms with Gasteiger partial charge in [-0.3, -0.25) is 4.79 Å². The lowest BCUT2D eigenvalue weighted by Crippen LogP contribution is -2.27. The molecule has 0 heterocycles. The largest absolute Gasteiger partial charge is 0.350 e. The van der Waals surface area contributed by atoms with Crippen LogP contribution in [0.4, 0.5) is 0 Å². The van der Waals surface area contributed by atoms with Gasteiger partial charge in [-0.15, -0.1) is 0 Å². The first kappa shape index (κ1) is 14.7. The maximum absolute atomic E-state index is 11.9. The van der Waals surface area contributed by atoms with Gasteiger partial charge in [-0.25, -0.2) is 0 Å². The molecule has 1 aromatic carbocycles. The van der Waals surface area contributed by atoms with Gasteiger partial charge < -0.3 is 5.32 Å². The number of unbranched alkanes of at least 4 members (excludes halogenated alkanes) is 1. The van der Waals surface area contributed by atoms with E-state index in [4.69, 9.17) is 0 Å². The number of hydrogen-bond donors (Lipinski definition) is 1. The van der Waals surface area contributed by atoms with E-state index in [1.165, 1.54) is 12.8 Å². The molecule has 0 saturated carbocycles. The topological polar surface area (TPSA) is 29.1 Å². The van der Waals surface area contributed by atoms with Crippen LogP contribution in [0, 0.1) is 5.92 Å². The van der Waals surface area contributed by atoms with Crippen molar-refractivity contribution in [1.82, 2.24) is 5.32 Å². The summed E-state index contributed by atoms with van der Waals surface area (Å²) in [5.74, 6) is 0.642. The molecule has 1 aromatic rings. The zero-order valence-corrected chi connectivity index (χ0v) is 11.8. The lowest BCUT2D eigenvalue weighted by atomic mass is 10.00. The summed E-state index contributed by atoms with van der Waals surface area (Å²) in [6.45, 7) is 6.37. The highest BCUT2D eigenvalue weighted by Crippen LogP contribution is 2.14. The van der Waals surface area contributed by atoms with Gasteiger partial charge in [-0.2, -0.15) is 0 Å². The Morgan fingerprint density at radius 2 is 1.89 bits per heavy atom. The van der Waals surface area contributed by atoms with Gasteiger partial charge in [0.2, 0.25) is 5.91 Å². The molecule has 18 heavy (non-hydrogen) atoms. The highest BCUT2D eigenvalue weighted by atomic mass is 16.1. The number of carbonyl (C=O) groups is 1. The molecule has 100 valence electrons. The number of nitrogens with one attached hydrogen (secondary N) is 1. The van der Waals surface area contributed by atoms with Crippen molar-refractivity contribution >= 4 is 5.91 Å². The van der Waals surface area contributed by atoms with Crippen LogP contribution in [0.3, 0.4) is 0 Å². The van der Waals surface area contributed by atoms with E-state index in [-0.39, 0.29) is 11.9 Å². The second-order valence-electron chi connectivity index (χ2n) is 5.15. The van der Waals surface area contributed by atoms with Crippen molar-refractivity contribution in [2.24, 2.45) is 5.92 Å². The minimum absolute atomic E-state index is 0.0945. The Labute approximate surface area is 111 Å². The molecular formula is C16H25NO. The Balaban J connectivity index is 2.36. The first-order chi connectivity index (χ1) is 8.63. The number of amides is 1. The normalized spacial score (nSPS) is 13.9. The summed E-state index contributed by atoms with van der Waals surface area (Å²) in [5.41, 5.74) is 1.16. The molecule has 0 aromatic heterocycles. The van der Waals surface area contributed by atoms with Gasteiger partial charge in [0.15, 0.2) is 0 Å². The zero-order valence-electron chi connectivity index (χ0n) is 11.8. The van der Waals surface area contributed by atoms with Gasteiger partial charge in [-0.05, 0) is 18.4 Å². The van der Waals surface area contributed by atoms with Gasteiger partial charge >= 0.3 is 0 Å². The molecule has 0 aliphatic rings. The number of hydrogen-bond acceptors (Lipinski definition) is 1. The molecule has 0 unspecified atom stereocenters. The van der Waals surface area contributed by atoms with E-state index in [2.05, 4.69) is 19.2 Å². The molecule has 0 aliphatic carbocycles. The fourth-order valence-corrected chi connectivity index (χ4v) is 2.10. The van der Waals surface area contributed by atoms with E-state index in [9.17, 15) is 4.79 Å². The smallest absolute Gasteiger partial charge is 0.220 e. The lowest BCUT2D eigenvalue weighted by molar-refractivity contribution is -0.122. The molecule has 1 N–H and O–H groups in total. The molecule has 0 spiro atoms. The maximum atomic E-state index is 11.9. The Morgan fingerprint density at radius 3 is 2.50 bits per heavy atom. The molecule has 0 radical (unpaired) electrons. The molecule has 0 saturated heterocycles. The molecule has 0 fully saturated rings. The van der Waals surface area contributed by atoms with Gasteiger partial charge in [0.05, 0.1) is 6.04 Å². The summed E-state index contributed by atoms with van der Waals surface area (Å²) in [7, 11) is 0. The summed E-state index contributed by atoms with van der Waals surface area (Å²) in [5, 5.41) is 3.06. The van der Waals surface area contributed by atoms with Gasteiger partial charge in [0, 0.05) is 6.42 Å². The van der Waals surface area contributed by atoms with Crippen molar-refractivity contribution in [3.8, 4) is 0 Å². The lowest BCUT2D eigenvalue weighted by Gasteiger charge is -2.16. The van der Waals surface area contributed by atoms with Gasteiger partial charge in [0.1, 0.15) is 0 Å². The Hall–Kier alpha value is -1.31. The van der Waals surface area contributed by atoms with Crippen molar-refractivity contribution in [2.75, 3.05) is 0 Å². The predicted octanol–water partition coefficient (Wildman–Crippen LogP) is 4.08. The standard InChI is InChI=1S/C16H25NO/c1-4-5-9-13(2)12-16(18)17-14(3)15-10-7-6-8-11-15/h6-8,10-11,13-14H,4-5,9,12H2,1-3H3,(H,17,18)/t13-,14+/m1/s1. The van der Waals surface area contributed by atoms with Crippen LogP contribution in [0.2, 0.25) is 0 Å². The monoisotopic (exact) mass is 247 g/mol. The van der Waals surface area contributed by atoms with E-state index in [0.717, 1.165) is 12.0 Å². The van der Waals surface area contributed by atoms with Crippen LogP contribution in [0.1, 0.15) is 58.1 Å². The van der Waals surface area contributed by atoms with Crippen LogP contribution in [-0.4, -0.2) is 5.91 Å². The molecule has 1 amide bonds. The summed E-state index contributed by atoms with van der Waals surface area (Å²) < 4.78 is 0. The molecule has 0 aliphatic heterocycles. The highest BCUT2D eigenvalue weighted by molar-refractivity contribution is 5.76. The summed E-state index contributed by atoms with van der Waals surface area (Å²) >= 11 is 0. The second kappa shape index (κ2) is 7.91. The fraction of sp³-hybridized carbons (Fsp3) is 0.562. The van der Waals surface area contributed by atoms with Crippen molar-refractivity contribution in [3.05, 3.63) is 35.9 Å². The zero-order chi connectivity index (χ0) is 13.4. The van der Waals surface area contributed by atoms with E-state index < -0.39 is 0 Å². The van der Waals surface area contributed by atoms with E-state index in [1.807, 2.05) is 37.3 Å². The third-order valence-electron chi connectivity index (χ3n) is 3.26. The summed E-state index contributed by atoms with van der Waals surface area (Å²) in [6.07, 6.45) is 4.19. The molecule has 2 atom stereocenters. The number of rotatable bonds is 7. The molecular weight excluding hydrogens is 222 g/mol. The van der Waals surface area contributed by atoms with Gasteiger partial charge in [0.25, 0.3) is 0 Å². The fourth-order valence-electron chi connectivity index (χ4n) is 2.10. The highest BCUT2D eigenvalue weighted by Gasteiger charge is 2.12. The predicted molar refractivity (Wildman–Crippen MR) is 76.3 cm³/mol. The van der Waals surface area contributed by atoms with Crippen LogP contribution >= 0.6 is 0 Å². The minimum atomic E-state index is 0.0945. The van der Waals surface area contributed by atoms with Crippen LogP contribution in [-0.2, 0) is 4.79 Å². The number of carbonyl (C=O) groups excluding carboxylic acids is 1. The molecule has 0 bridgehead atoms. The van der Waals surface area contributed by atoms with E-state index in [0.29, 0.717) is 12.3 Å². The van der Waals surface area contributed by atoms with Gasteiger partial charge in [-0.1, -0.05) is 63.4 Å². The number of benzene rings is 1. The Morgan fingerprint density at radius 1 is 1.22 bits per heavy atom. The van der Waals surface area contributed by atoms with E-state index >= 15 is 0 Å². The molecule has 1 rings (SSSR count). The molecule has 2 nitrogen and oxygen atoms in total. The van der Waals surface area contributed by atoms with Crippen LogP contribution < -0.4 is 5.32 Å². The van der Waals surface area contributed by atoms with Crippen LogP contribution in [0.5, 0.6) is 0 Å². The molecule has 2 heteroatoms. The first-order valence-corrected chi connectivity index (χ1v) is 6.97. The Kier molecular flexibility index (Phi) is 6.48. The van der Waals surface area contributed by atoms with Crippen molar-refractivity contribution in [3.63, 3.8) is 0 Å². The quantitative estimate of drug-likeness (QED) is 0.773. The van der Waals surface area contributed by atoms with Crippen molar-refractivity contribution in [2.45, 2.75) is 52.5 Å². The second-order valence-corrected chi connectivity index (χ2v) is 5.15. The van der Waals surface area contributed by atoms with Crippen LogP contribution in [0.25, 0.3) is 0 Å². The SMILES string of the molecule is CCCC[C@@H](C)CC(=O)N[C@@H](C)c1ccccc1. The third kappa shape index (κ3) is 5.35. The summed E-state index contributed by atoms with van der Waals surface area (Å²) in [4.78, 5) is 11.9. The van der Waals surface area contributed by atoms with E-state index in [1.54, 1.807) is 0 Å². The maximum Gasteiger partial charge on any atom is 0.220 e. The first-order valence-electron chi connectivity index (χ1n) is 6.97. The minimum Gasteiger partial charge on any atom is -0.350 e. The van der Waals surface area contributed by atoms with Crippen molar-refractivity contribution in [1.29, 1.82) is 0 Å². The van der Waals surface area contributed by atoms with Crippen molar-refractivity contribution < 1.29 is 4.79 Å². The third-order valence-corrected chi connectivity index (χ3v) is 3.26. The Bertz CT molecular complexity index is 347. The summed E-state index contributed by atoms with van der Waals surface area (Å²) in [6, 6.07) is 10.2. The van der Waals surface area contributed by atoms with Crippen LogP contribution in [0.15, 0.2) is 30.3 Å². The average Bonchev–Trinajstić information content (AvgIpc) is 2.37.